The fraction of sp³-hybridized carbons (Fsp3) is 0.889. The molecule has 1 aliphatic carbocycles. The van der Waals surface area contributed by atoms with Gasteiger partial charge < -0.3 is 14.2 Å². The van der Waals surface area contributed by atoms with Gasteiger partial charge in [-0.1, -0.05) is 20.3 Å². The zero-order valence-electron chi connectivity index (χ0n) is 15.1. The van der Waals surface area contributed by atoms with Gasteiger partial charge in [0.1, 0.15) is 18.8 Å². The Balaban J connectivity index is 2.20. The van der Waals surface area contributed by atoms with Crippen LogP contribution in [0.2, 0.25) is 0 Å². The van der Waals surface area contributed by atoms with E-state index in [9.17, 15) is 9.59 Å². The van der Waals surface area contributed by atoms with Crippen LogP contribution < -0.4 is 0 Å². The Kier molecular flexibility index (Phi) is 8.03. The number of hydrogen-bond acceptors (Lipinski definition) is 5. The number of ether oxygens (including phenoxy) is 3. The second-order valence-electron chi connectivity index (χ2n) is 7.00. The minimum absolute atomic E-state index is 0.0868. The Labute approximate surface area is 140 Å². The lowest BCUT2D eigenvalue weighted by atomic mass is 9.83. The molecule has 134 valence electrons. The van der Waals surface area contributed by atoms with Gasteiger partial charge in [-0.25, -0.2) is 4.79 Å². The van der Waals surface area contributed by atoms with Gasteiger partial charge in [0.15, 0.2) is 0 Å². The van der Waals surface area contributed by atoms with Crippen molar-refractivity contribution in [3.63, 3.8) is 0 Å². The van der Waals surface area contributed by atoms with Gasteiger partial charge in [-0.05, 0) is 52.4 Å². The van der Waals surface area contributed by atoms with Crippen LogP contribution in [-0.2, 0) is 23.8 Å². The molecule has 0 bridgehead atoms. The van der Waals surface area contributed by atoms with Crippen molar-refractivity contribution in [1.82, 2.24) is 0 Å². The molecule has 0 amide bonds. The molecule has 0 spiro atoms. The van der Waals surface area contributed by atoms with Crippen LogP contribution in [-0.4, -0.2) is 37.4 Å². The second kappa shape index (κ2) is 9.26. The van der Waals surface area contributed by atoms with E-state index in [4.69, 9.17) is 14.2 Å². The van der Waals surface area contributed by atoms with E-state index in [0.717, 1.165) is 38.5 Å². The van der Waals surface area contributed by atoms with Gasteiger partial charge in [-0.3, -0.25) is 4.79 Å². The molecule has 1 aliphatic rings. The molecule has 1 fully saturated rings. The standard InChI is InChI=1S/C18H32O5/c1-5-17(3,4)16(20)22-13-12-21-14-15(19)23-18(6-2)10-8-7-9-11-18/h5-14H2,1-4H3. The Morgan fingerprint density at radius 2 is 1.70 bits per heavy atom. The summed E-state index contributed by atoms with van der Waals surface area (Å²) in [6.07, 6.45) is 6.91. The Hall–Kier alpha value is -1.10. The van der Waals surface area contributed by atoms with E-state index in [2.05, 4.69) is 6.92 Å². The third kappa shape index (κ3) is 6.50. The fourth-order valence-corrected chi connectivity index (χ4v) is 2.68. The number of esters is 2. The topological polar surface area (TPSA) is 61.8 Å². The highest BCUT2D eigenvalue weighted by Gasteiger charge is 2.34. The molecule has 0 atom stereocenters. The Bertz CT molecular complexity index is 383. The molecule has 0 unspecified atom stereocenters. The first-order valence-corrected chi connectivity index (χ1v) is 8.82. The summed E-state index contributed by atoms with van der Waals surface area (Å²) < 4.78 is 16.1. The largest absolute Gasteiger partial charge is 0.463 e. The van der Waals surface area contributed by atoms with E-state index < -0.39 is 5.41 Å². The third-order valence-corrected chi connectivity index (χ3v) is 4.86. The van der Waals surface area contributed by atoms with E-state index in [1.165, 1.54) is 6.42 Å². The predicted molar refractivity (Wildman–Crippen MR) is 88.0 cm³/mol. The van der Waals surface area contributed by atoms with Crippen molar-refractivity contribution in [3.8, 4) is 0 Å². The highest BCUT2D eigenvalue weighted by molar-refractivity contribution is 5.75. The minimum atomic E-state index is -0.479. The lowest BCUT2D eigenvalue weighted by Gasteiger charge is -2.35. The number of carbonyl (C=O) groups is 2. The van der Waals surface area contributed by atoms with Crippen LogP contribution in [0.1, 0.15) is 72.6 Å². The van der Waals surface area contributed by atoms with Crippen molar-refractivity contribution in [2.24, 2.45) is 5.41 Å². The van der Waals surface area contributed by atoms with Crippen LogP contribution in [0.25, 0.3) is 0 Å². The zero-order valence-corrected chi connectivity index (χ0v) is 15.1. The van der Waals surface area contributed by atoms with E-state index in [0.29, 0.717) is 0 Å². The van der Waals surface area contributed by atoms with Gasteiger partial charge in [0, 0.05) is 0 Å². The summed E-state index contributed by atoms with van der Waals surface area (Å²) in [5.74, 6) is -0.563. The first-order valence-electron chi connectivity index (χ1n) is 8.82. The molecule has 0 aromatic heterocycles. The van der Waals surface area contributed by atoms with Crippen LogP contribution in [0, 0.1) is 5.41 Å². The molecule has 0 radical (unpaired) electrons. The molecule has 0 saturated heterocycles. The Morgan fingerprint density at radius 1 is 1.04 bits per heavy atom. The predicted octanol–water partition coefficient (Wildman–Crippen LogP) is 3.64. The lowest BCUT2D eigenvalue weighted by Crippen LogP contribution is -2.37. The summed E-state index contributed by atoms with van der Waals surface area (Å²) in [5.41, 5.74) is -0.774. The molecule has 5 heteroatoms. The average molecular weight is 328 g/mol. The highest BCUT2D eigenvalue weighted by atomic mass is 16.6. The SMILES string of the molecule is CCC1(OC(=O)COCCOC(=O)C(C)(C)CC)CCCCC1. The lowest BCUT2D eigenvalue weighted by molar-refractivity contribution is -0.170. The molecule has 1 saturated carbocycles. The van der Waals surface area contributed by atoms with Crippen molar-refractivity contribution in [3.05, 3.63) is 0 Å². The molecular weight excluding hydrogens is 296 g/mol. The first kappa shape index (κ1) is 19.9. The van der Waals surface area contributed by atoms with E-state index in [-0.39, 0.29) is 37.4 Å². The van der Waals surface area contributed by atoms with Crippen molar-refractivity contribution in [1.29, 1.82) is 0 Å². The molecule has 0 aliphatic heterocycles. The molecule has 1 rings (SSSR count). The maximum Gasteiger partial charge on any atom is 0.332 e. The van der Waals surface area contributed by atoms with Gasteiger partial charge in [0.25, 0.3) is 0 Å². The summed E-state index contributed by atoms with van der Waals surface area (Å²) in [6.45, 7) is 7.99. The molecule has 5 nitrogen and oxygen atoms in total. The van der Waals surface area contributed by atoms with Gasteiger partial charge in [0.05, 0.1) is 12.0 Å². The average Bonchev–Trinajstić information content (AvgIpc) is 2.55. The van der Waals surface area contributed by atoms with Crippen molar-refractivity contribution < 1.29 is 23.8 Å². The van der Waals surface area contributed by atoms with Crippen LogP contribution >= 0.6 is 0 Å². The van der Waals surface area contributed by atoms with Gasteiger partial charge in [-0.15, -0.1) is 0 Å². The van der Waals surface area contributed by atoms with Crippen LogP contribution in [0.4, 0.5) is 0 Å². The number of hydrogen-bond donors (Lipinski definition) is 0. The number of carbonyl (C=O) groups excluding carboxylic acids is 2. The number of rotatable bonds is 9. The maximum absolute atomic E-state index is 11.9. The highest BCUT2D eigenvalue weighted by Crippen LogP contribution is 2.34. The summed E-state index contributed by atoms with van der Waals surface area (Å²) in [4.78, 5) is 23.7. The summed E-state index contributed by atoms with van der Waals surface area (Å²) >= 11 is 0. The second-order valence-corrected chi connectivity index (χ2v) is 7.00. The summed E-state index contributed by atoms with van der Waals surface area (Å²) in [7, 11) is 0. The Morgan fingerprint density at radius 3 is 2.26 bits per heavy atom. The monoisotopic (exact) mass is 328 g/mol. The van der Waals surface area contributed by atoms with E-state index >= 15 is 0 Å². The van der Waals surface area contributed by atoms with E-state index in [1.807, 2.05) is 20.8 Å². The van der Waals surface area contributed by atoms with Crippen LogP contribution in [0.15, 0.2) is 0 Å². The summed E-state index contributed by atoms with van der Waals surface area (Å²) in [5, 5.41) is 0. The molecule has 0 N–H and O–H groups in total. The third-order valence-electron chi connectivity index (χ3n) is 4.86. The minimum Gasteiger partial charge on any atom is -0.463 e. The fourth-order valence-electron chi connectivity index (χ4n) is 2.68. The maximum atomic E-state index is 11.9. The molecular formula is C18H32O5. The van der Waals surface area contributed by atoms with Gasteiger partial charge in [0.2, 0.25) is 0 Å². The van der Waals surface area contributed by atoms with Crippen LogP contribution in [0.5, 0.6) is 0 Å². The van der Waals surface area contributed by atoms with Crippen molar-refractivity contribution in [2.75, 3.05) is 19.8 Å². The molecule has 0 aromatic carbocycles. The summed E-state index contributed by atoms with van der Waals surface area (Å²) in [6, 6.07) is 0. The molecule has 23 heavy (non-hydrogen) atoms. The van der Waals surface area contributed by atoms with Crippen LogP contribution in [0.3, 0.4) is 0 Å². The molecule has 0 heterocycles. The first-order chi connectivity index (χ1) is 10.9. The van der Waals surface area contributed by atoms with Gasteiger partial charge in [-0.2, -0.15) is 0 Å². The molecule has 0 aromatic rings. The zero-order chi connectivity index (χ0) is 17.3. The van der Waals surface area contributed by atoms with E-state index in [1.54, 1.807) is 0 Å². The quantitative estimate of drug-likeness (QED) is 0.478. The smallest absolute Gasteiger partial charge is 0.332 e. The van der Waals surface area contributed by atoms with Crippen molar-refractivity contribution >= 4 is 11.9 Å². The van der Waals surface area contributed by atoms with Gasteiger partial charge >= 0.3 is 11.9 Å². The van der Waals surface area contributed by atoms with Crippen molar-refractivity contribution in [2.45, 2.75) is 78.2 Å². The normalized spacial score (nSPS) is 17.6.